The minimum atomic E-state index is -3.83. The molecular weight excluding hydrogens is 502 g/mol. The van der Waals surface area contributed by atoms with Crippen LogP contribution in [0.15, 0.2) is 40.3 Å². The monoisotopic (exact) mass is 539 g/mol. The Morgan fingerprint density at radius 3 is 2.11 bits per heavy atom. The number of aryl methyl sites for hydroxylation is 1. The molecule has 0 aliphatic rings. The number of amides is 2. The molecule has 37 heavy (non-hydrogen) atoms. The average molecular weight is 540 g/mol. The third-order valence-electron chi connectivity index (χ3n) is 4.99. The van der Waals surface area contributed by atoms with Gasteiger partial charge in [-0.1, -0.05) is 30.3 Å². The number of hydrogen-bond acceptors (Lipinski definition) is 7. The van der Waals surface area contributed by atoms with Crippen molar-refractivity contribution in [2.45, 2.75) is 44.2 Å². The van der Waals surface area contributed by atoms with Crippen LogP contribution in [0, 0.1) is 0 Å². The first-order valence-corrected chi connectivity index (χ1v) is 13.3. The van der Waals surface area contributed by atoms with Crippen LogP contribution < -0.4 is 38.3 Å². The van der Waals surface area contributed by atoms with Gasteiger partial charge in [-0.15, -0.1) is 0 Å². The first-order valence-electron chi connectivity index (χ1n) is 11.7. The van der Waals surface area contributed by atoms with Crippen molar-refractivity contribution in [2.24, 2.45) is 32.9 Å². The zero-order chi connectivity index (χ0) is 27.7. The van der Waals surface area contributed by atoms with Crippen LogP contribution in [0.1, 0.15) is 31.2 Å². The van der Waals surface area contributed by atoms with E-state index in [9.17, 15) is 22.8 Å². The van der Waals surface area contributed by atoms with Crippen molar-refractivity contribution in [2.75, 3.05) is 25.4 Å². The normalized spacial score (nSPS) is 12.5. The summed E-state index contributed by atoms with van der Waals surface area (Å²) in [6, 6.07) is 7.11. The van der Waals surface area contributed by atoms with E-state index in [2.05, 4.69) is 25.3 Å². The second-order valence-electron chi connectivity index (χ2n) is 8.15. The van der Waals surface area contributed by atoms with Crippen LogP contribution in [-0.2, 0) is 30.8 Å². The maximum atomic E-state index is 12.7. The van der Waals surface area contributed by atoms with Gasteiger partial charge in [0.25, 0.3) is 0 Å². The number of nitrogens with two attached hydrogens (primary N) is 4. The summed E-state index contributed by atoms with van der Waals surface area (Å²) in [5, 5.41) is 4.89. The Kier molecular flexibility index (Phi) is 14.3. The molecule has 2 atom stereocenters. The molecule has 0 heterocycles. The molecule has 15 heteroatoms. The van der Waals surface area contributed by atoms with Crippen molar-refractivity contribution in [3.8, 4) is 0 Å². The van der Waals surface area contributed by atoms with Crippen molar-refractivity contribution >= 4 is 40.0 Å². The highest BCUT2D eigenvalue weighted by molar-refractivity contribution is 7.89. The topological polar surface area (TPSA) is 250 Å². The van der Waals surface area contributed by atoms with Gasteiger partial charge < -0.3 is 38.4 Å². The molecule has 1 aromatic rings. The van der Waals surface area contributed by atoms with Crippen molar-refractivity contribution < 1.29 is 22.8 Å². The van der Waals surface area contributed by atoms with Gasteiger partial charge in [-0.2, -0.15) is 0 Å². The number of nitrogens with one attached hydrogen (secondary N) is 3. The highest BCUT2D eigenvalue weighted by Crippen LogP contribution is 2.05. The molecule has 0 bridgehead atoms. The fraction of sp³-hybridized carbons (Fsp3) is 0.500. The number of hydrogen-bond donors (Lipinski definition) is 7. The first-order chi connectivity index (χ1) is 17.5. The Morgan fingerprint density at radius 1 is 0.946 bits per heavy atom. The van der Waals surface area contributed by atoms with Gasteiger partial charge in [-0.05, 0) is 37.7 Å². The van der Waals surface area contributed by atoms with Crippen LogP contribution in [0.25, 0.3) is 0 Å². The Hall–Kier alpha value is -3.72. The lowest BCUT2D eigenvalue weighted by atomic mass is 10.1. The van der Waals surface area contributed by atoms with E-state index in [-0.39, 0.29) is 37.1 Å². The number of aliphatic imine (C=N–C) groups is 2. The zero-order valence-electron chi connectivity index (χ0n) is 20.6. The van der Waals surface area contributed by atoms with Crippen LogP contribution in [-0.4, -0.2) is 75.9 Å². The summed E-state index contributed by atoms with van der Waals surface area (Å²) >= 11 is 0. The molecule has 0 saturated heterocycles. The van der Waals surface area contributed by atoms with E-state index in [1.54, 1.807) is 24.3 Å². The Balaban J connectivity index is 2.68. The molecular formula is C22H37N9O5S. The van der Waals surface area contributed by atoms with E-state index in [1.807, 2.05) is 6.07 Å². The molecule has 11 N–H and O–H groups in total. The van der Waals surface area contributed by atoms with Crippen LogP contribution in [0.3, 0.4) is 0 Å². The van der Waals surface area contributed by atoms with Crippen molar-refractivity contribution in [3.05, 3.63) is 35.9 Å². The molecule has 0 aromatic heterocycles. The number of sulfonamides is 1. The van der Waals surface area contributed by atoms with Gasteiger partial charge >= 0.3 is 0 Å². The Labute approximate surface area is 216 Å². The van der Waals surface area contributed by atoms with Gasteiger partial charge in [0.1, 0.15) is 12.3 Å². The lowest BCUT2D eigenvalue weighted by Gasteiger charge is -2.19. The summed E-state index contributed by atoms with van der Waals surface area (Å²) in [7, 11) is -3.83. The maximum absolute atomic E-state index is 12.7. The van der Waals surface area contributed by atoms with Gasteiger partial charge in [0.15, 0.2) is 11.9 Å². The lowest BCUT2D eigenvalue weighted by molar-refractivity contribution is -0.128. The summed E-state index contributed by atoms with van der Waals surface area (Å²) in [5.41, 5.74) is 21.9. The van der Waals surface area contributed by atoms with Crippen molar-refractivity contribution in [1.29, 1.82) is 0 Å². The highest BCUT2D eigenvalue weighted by Gasteiger charge is 2.25. The molecule has 14 nitrogen and oxygen atoms in total. The summed E-state index contributed by atoms with van der Waals surface area (Å²) in [5.74, 6) is -1.73. The van der Waals surface area contributed by atoms with E-state index >= 15 is 0 Å². The van der Waals surface area contributed by atoms with Crippen molar-refractivity contribution in [1.82, 2.24) is 15.4 Å². The Bertz CT molecular complexity index is 1020. The third kappa shape index (κ3) is 15.1. The fourth-order valence-corrected chi connectivity index (χ4v) is 4.44. The van der Waals surface area contributed by atoms with Gasteiger partial charge in [0.05, 0.1) is 18.3 Å². The van der Waals surface area contributed by atoms with Crippen LogP contribution in [0.5, 0.6) is 0 Å². The second kappa shape index (κ2) is 16.9. The molecule has 0 spiro atoms. The quantitative estimate of drug-likeness (QED) is 0.0447. The van der Waals surface area contributed by atoms with Crippen LogP contribution >= 0.6 is 0 Å². The smallest absolute Gasteiger partial charge is 0.239 e. The van der Waals surface area contributed by atoms with Crippen LogP contribution in [0.4, 0.5) is 0 Å². The minimum absolute atomic E-state index is 0.0713. The lowest BCUT2D eigenvalue weighted by Crippen LogP contribution is -2.50. The summed E-state index contributed by atoms with van der Waals surface area (Å²) in [4.78, 5) is 43.8. The van der Waals surface area contributed by atoms with E-state index in [4.69, 9.17) is 22.9 Å². The molecule has 0 saturated carbocycles. The molecule has 0 radical (unpaired) electrons. The molecule has 1 aromatic carbocycles. The summed E-state index contributed by atoms with van der Waals surface area (Å²) in [6.07, 6.45) is 1.99. The van der Waals surface area contributed by atoms with Gasteiger partial charge in [0, 0.05) is 13.1 Å². The molecule has 0 aliphatic carbocycles. The third-order valence-corrected chi connectivity index (χ3v) is 6.37. The number of carbonyl (C=O) groups is 3. The number of carbonyl (C=O) groups excluding carboxylic acids is 3. The molecule has 1 rings (SSSR count). The summed E-state index contributed by atoms with van der Waals surface area (Å²) in [6.45, 7) is 0.0393. The standard InChI is InChI=1S/C22H37N9O5S/c23-21(24)27-11-4-8-17(15-32)30-19(33)14-29-20(34)18(9-5-12-28-22(25)26)31-37(35,36)13-10-16-6-2-1-3-7-16/h1-3,6-7,15,17-18,31H,4-5,8-14H2,(H,29,34)(H,30,33)(H4,23,24,27)(H4,25,26,28)/t17?,18-/m0/s1. The fourth-order valence-electron chi connectivity index (χ4n) is 3.16. The molecule has 0 fully saturated rings. The average Bonchev–Trinajstić information content (AvgIpc) is 2.85. The molecule has 206 valence electrons. The van der Waals surface area contributed by atoms with Gasteiger partial charge in [-0.3, -0.25) is 19.6 Å². The molecule has 0 aliphatic heterocycles. The first kappa shape index (κ1) is 31.3. The zero-order valence-corrected chi connectivity index (χ0v) is 21.5. The van der Waals surface area contributed by atoms with E-state index in [0.717, 1.165) is 5.56 Å². The van der Waals surface area contributed by atoms with Gasteiger partial charge in [0.2, 0.25) is 21.8 Å². The molecule has 1 unspecified atom stereocenters. The van der Waals surface area contributed by atoms with Crippen molar-refractivity contribution in [3.63, 3.8) is 0 Å². The van der Waals surface area contributed by atoms with E-state index in [0.29, 0.717) is 32.1 Å². The number of guanidine groups is 2. The SMILES string of the molecule is NC(N)=NCCCC(C=O)NC(=O)CNC(=O)[C@H](CCCN=C(N)N)NS(=O)(=O)CCc1ccccc1. The number of nitrogens with zero attached hydrogens (tertiary/aromatic N) is 2. The van der Waals surface area contributed by atoms with Crippen LogP contribution in [0.2, 0.25) is 0 Å². The highest BCUT2D eigenvalue weighted by atomic mass is 32.2. The molecule has 2 amide bonds. The maximum Gasteiger partial charge on any atom is 0.239 e. The Morgan fingerprint density at radius 2 is 1.54 bits per heavy atom. The second-order valence-corrected chi connectivity index (χ2v) is 10.0. The largest absolute Gasteiger partial charge is 0.370 e. The van der Waals surface area contributed by atoms with E-state index in [1.165, 1.54) is 0 Å². The minimum Gasteiger partial charge on any atom is -0.370 e. The predicted octanol–water partition coefficient (Wildman–Crippen LogP) is -2.58. The summed E-state index contributed by atoms with van der Waals surface area (Å²) < 4.78 is 27.7. The number of rotatable bonds is 18. The number of aldehydes is 1. The van der Waals surface area contributed by atoms with Gasteiger partial charge in [-0.25, -0.2) is 13.1 Å². The number of benzene rings is 1. The predicted molar refractivity (Wildman–Crippen MR) is 142 cm³/mol. The van der Waals surface area contributed by atoms with E-state index < -0.39 is 40.5 Å².